The van der Waals surface area contributed by atoms with Crippen LogP contribution < -0.4 is 5.32 Å². The molecule has 1 aromatic heterocycles. The van der Waals surface area contributed by atoms with E-state index in [0.29, 0.717) is 0 Å². The zero-order valence-electron chi connectivity index (χ0n) is 10.8. The number of nitrogens with one attached hydrogen (secondary N) is 2. The van der Waals surface area contributed by atoms with Crippen LogP contribution in [-0.2, 0) is 0 Å². The normalized spacial score (nSPS) is 12.5. The molecule has 3 nitrogen and oxygen atoms in total. The van der Waals surface area contributed by atoms with E-state index in [9.17, 15) is 0 Å². The number of benzene rings is 1. The number of aryl methyl sites for hydroxylation is 3. The molecule has 2 aromatic rings. The predicted octanol–water partition coefficient (Wildman–Crippen LogP) is 3.51. The lowest BCUT2D eigenvalue weighted by molar-refractivity contribution is 0.862. The van der Waals surface area contributed by atoms with Gasteiger partial charge in [0.1, 0.15) is 0 Å². The monoisotopic (exact) mass is 229 g/mol. The van der Waals surface area contributed by atoms with Gasteiger partial charge in [-0.15, -0.1) is 0 Å². The molecule has 17 heavy (non-hydrogen) atoms. The number of hydrogen-bond donors (Lipinski definition) is 2. The van der Waals surface area contributed by atoms with Crippen LogP contribution in [-0.4, -0.2) is 10.2 Å². The molecule has 2 N–H and O–H groups in total. The molecule has 0 saturated carbocycles. The van der Waals surface area contributed by atoms with Crippen molar-refractivity contribution >= 4 is 5.69 Å². The first-order valence-electron chi connectivity index (χ1n) is 5.91. The summed E-state index contributed by atoms with van der Waals surface area (Å²) in [6.45, 7) is 8.65. The Morgan fingerprint density at radius 2 is 1.82 bits per heavy atom. The zero-order chi connectivity index (χ0) is 12.4. The highest BCUT2D eigenvalue weighted by Gasteiger charge is 2.12. The molecule has 0 aliphatic carbocycles. The summed E-state index contributed by atoms with van der Waals surface area (Å²) in [5.74, 6) is 0. The highest BCUT2D eigenvalue weighted by Crippen LogP contribution is 2.25. The summed E-state index contributed by atoms with van der Waals surface area (Å²) in [7, 11) is 0. The lowest BCUT2D eigenvalue weighted by Gasteiger charge is -2.19. The summed E-state index contributed by atoms with van der Waals surface area (Å²) in [6.07, 6.45) is 3.67. The van der Waals surface area contributed by atoms with Crippen LogP contribution in [0.4, 0.5) is 5.69 Å². The van der Waals surface area contributed by atoms with Crippen LogP contribution >= 0.6 is 0 Å². The van der Waals surface area contributed by atoms with Gasteiger partial charge in [-0.1, -0.05) is 17.7 Å². The molecule has 1 heterocycles. The molecule has 90 valence electrons. The summed E-state index contributed by atoms with van der Waals surface area (Å²) in [5.41, 5.74) is 6.39. The Kier molecular flexibility index (Phi) is 3.18. The number of H-pyrrole nitrogens is 1. The van der Waals surface area contributed by atoms with Crippen LogP contribution in [0.15, 0.2) is 24.5 Å². The van der Waals surface area contributed by atoms with Crippen LogP contribution in [0.2, 0.25) is 0 Å². The van der Waals surface area contributed by atoms with E-state index in [4.69, 9.17) is 0 Å². The molecule has 0 amide bonds. The summed E-state index contributed by atoms with van der Waals surface area (Å²) >= 11 is 0. The first-order valence-corrected chi connectivity index (χ1v) is 5.91. The van der Waals surface area contributed by atoms with Gasteiger partial charge in [0.25, 0.3) is 0 Å². The van der Waals surface area contributed by atoms with Gasteiger partial charge in [-0.05, 0) is 44.4 Å². The molecule has 1 unspecified atom stereocenters. The molecule has 3 heteroatoms. The smallest absolute Gasteiger partial charge is 0.0728 e. The highest BCUT2D eigenvalue weighted by atomic mass is 15.1. The van der Waals surface area contributed by atoms with Gasteiger partial charge in [-0.3, -0.25) is 5.10 Å². The van der Waals surface area contributed by atoms with Crippen LogP contribution in [0, 0.1) is 20.8 Å². The van der Waals surface area contributed by atoms with Crippen molar-refractivity contribution in [3.05, 3.63) is 46.8 Å². The first-order chi connectivity index (χ1) is 8.08. The molecule has 0 radical (unpaired) electrons. The molecular formula is C14H19N3. The van der Waals surface area contributed by atoms with E-state index in [2.05, 4.69) is 55.3 Å². The molecular weight excluding hydrogens is 210 g/mol. The van der Waals surface area contributed by atoms with E-state index in [1.54, 1.807) is 6.20 Å². The maximum Gasteiger partial charge on any atom is 0.0728 e. The minimum atomic E-state index is 0.285. The number of aromatic nitrogens is 2. The number of hydrogen-bond acceptors (Lipinski definition) is 2. The SMILES string of the molecule is Cc1cc(C)c(C(C)Nc2cn[nH]c2)c(C)c1. The molecule has 2 rings (SSSR count). The molecule has 1 atom stereocenters. The fourth-order valence-electron chi connectivity index (χ4n) is 2.53. The topological polar surface area (TPSA) is 40.7 Å². The zero-order valence-corrected chi connectivity index (χ0v) is 10.8. The second-order valence-electron chi connectivity index (χ2n) is 4.67. The summed E-state index contributed by atoms with van der Waals surface area (Å²) in [4.78, 5) is 0. The van der Waals surface area contributed by atoms with Crippen molar-refractivity contribution in [3.8, 4) is 0 Å². The van der Waals surface area contributed by atoms with Gasteiger partial charge in [-0.2, -0.15) is 5.10 Å². The summed E-state index contributed by atoms with van der Waals surface area (Å²) in [5, 5.41) is 10.2. The van der Waals surface area contributed by atoms with Gasteiger partial charge in [0.2, 0.25) is 0 Å². The largest absolute Gasteiger partial charge is 0.376 e. The minimum Gasteiger partial charge on any atom is -0.376 e. The van der Waals surface area contributed by atoms with Crippen molar-refractivity contribution in [1.82, 2.24) is 10.2 Å². The van der Waals surface area contributed by atoms with Crippen LogP contribution in [0.5, 0.6) is 0 Å². The molecule has 1 aromatic carbocycles. The maximum absolute atomic E-state index is 3.94. The maximum atomic E-state index is 3.94. The van der Waals surface area contributed by atoms with E-state index >= 15 is 0 Å². The molecule has 0 fully saturated rings. The van der Waals surface area contributed by atoms with Gasteiger partial charge in [-0.25, -0.2) is 0 Å². The molecule has 0 spiro atoms. The van der Waals surface area contributed by atoms with Gasteiger partial charge < -0.3 is 5.32 Å². The second-order valence-corrected chi connectivity index (χ2v) is 4.67. The number of rotatable bonds is 3. The Labute approximate surface area is 102 Å². The van der Waals surface area contributed by atoms with Crippen LogP contribution in [0.3, 0.4) is 0 Å². The minimum absolute atomic E-state index is 0.285. The van der Waals surface area contributed by atoms with Crippen molar-refractivity contribution in [1.29, 1.82) is 0 Å². The Balaban J connectivity index is 2.27. The third-order valence-corrected chi connectivity index (χ3v) is 3.05. The van der Waals surface area contributed by atoms with Gasteiger partial charge in [0.05, 0.1) is 11.9 Å². The summed E-state index contributed by atoms with van der Waals surface area (Å²) < 4.78 is 0. The second kappa shape index (κ2) is 4.62. The van der Waals surface area contributed by atoms with Gasteiger partial charge in [0, 0.05) is 12.2 Å². The fraction of sp³-hybridized carbons (Fsp3) is 0.357. The van der Waals surface area contributed by atoms with Crippen molar-refractivity contribution in [2.24, 2.45) is 0 Å². The van der Waals surface area contributed by atoms with Crippen LogP contribution in [0.25, 0.3) is 0 Å². The fourth-order valence-corrected chi connectivity index (χ4v) is 2.53. The van der Waals surface area contributed by atoms with Crippen molar-refractivity contribution in [2.75, 3.05) is 5.32 Å². The number of nitrogens with zero attached hydrogens (tertiary/aromatic N) is 1. The number of anilines is 1. The Morgan fingerprint density at radius 3 is 2.35 bits per heavy atom. The van der Waals surface area contributed by atoms with E-state index in [0.717, 1.165) is 5.69 Å². The standard InChI is InChI=1S/C14H19N3/c1-9-5-10(2)14(11(3)6-9)12(4)17-13-7-15-16-8-13/h5-8,12,17H,1-4H3,(H,15,16). The Morgan fingerprint density at radius 1 is 1.18 bits per heavy atom. The van der Waals surface area contributed by atoms with E-state index in [-0.39, 0.29) is 6.04 Å². The van der Waals surface area contributed by atoms with Crippen molar-refractivity contribution in [2.45, 2.75) is 33.7 Å². The predicted molar refractivity (Wildman–Crippen MR) is 71.3 cm³/mol. The molecule has 0 aliphatic rings. The van der Waals surface area contributed by atoms with Crippen molar-refractivity contribution in [3.63, 3.8) is 0 Å². The lowest BCUT2D eigenvalue weighted by atomic mass is 9.95. The van der Waals surface area contributed by atoms with E-state index in [1.165, 1.54) is 22.3 Å². The molecule has 0 saturated heterocycles. The quantitative estimate of drug-likeness (QED) is 0.845. The average Bonchev–Trinajstić information content (AvgIpc) is 2.68. The highest BCUT2D eigenvalue weighted by molar-refractivity contribution is 5.46. The third-order valence-electron chi connectivity index (χ3n) is 3.05. The average molecular weight is 229 g/mol. The van der Waals surface area contributed by atoms with Gasteiger partial charge >= 0.3 is 0 Å². The first kappa shape index (κ1) is 11.7. The van der Waals surface area contributed by atoms with Crippen molar-refractivity contribution < 1.29 is 0 Å². The lowest BCUT2D eigenvalue weighted by Crippen LogP contribution is -2.09. The Bertz CT molecular complexity index is 477. The van der Waals surface area contributed by atoms with E-state index in [1.807, 2.05) is 6.20 Å². The summed E-state index contributed by atoms with van der Waals surface area (Å²) in [6, 6.07) is 4.75. The van der Waals surface area contributed by atoms with Crippen LogP contribution in [0.1, 0.15) is 35.2 Å². The van der Waals surface area contributed by atoms with E-state index < -0.39 is 0 Å². The van der Waals surface area contributed by atoms with Gasteiger partial charge in [0.15, 0.2) is 0 Å². The Hall–Kier alpha value is -1.77. The third kappa shape index (κ3) is 2.49. The molecule has 0 aliphatic heterocycles. The number of aromatic amines is 1. The molecule has 0 bridgehead atoms.